The zero-order chi connectivity index (χ0) is 15.6. The van der Waals surface area contributed by atoms with Gasteiger partial charge in [-0.1, -0.05) is 23.7 Å². The van der Waals surface area contributed by atoms with Crippen molar-refractivity contribution < 1.29 is 14.8 Å². The van der Waals surface area contributed by atoms with Gasteiger partial charge in [-0.15, -0.1) is 11.3 Å². The Morgan fingerprint density at radius 2 is 2.10 bits per heavy atom. The van der Waals surface area contributed by atoms with Crippen LogP contribution in [0.5, 0.6) is 0 Å². The van der Waals surface area contributed by atoms with Crippen LogP contribution in [0.1, 0.15) is 16.0 Å². The molecule has 1 heterocycles. The van der Waals surface area contributed by atoms with E-state index >= 15 is 0 Å². The highest BCUT2D eigenvalue weighted by atomic mass is 35.5. The Labute approximate surface area is 129 Å². The van der Waals surface area contributed by atoms with Crippen LogP contribution in [0.2, 0.25) is 4.34 Å². The van der Waals surface area contributed by atoms with Crippen LogP contribution in [-0.2, 0) is 4.79 Å². The Hall–Kier alpha value is -2.18. The van der Waals surface area contributed by atoms with Crippen molar-refractivity contribution in [2.75, 3.05) is 0 Å². The number of nitro benzene ring substituents is 1. The standard InChI is InChI=1S/C14H10ClNO4S/c1-8-2-3-9(7-11(8)16(19)20)6-10(14(17)18)12-4-5-13(15)21-12/h2-7H,1H3,(H,17,18)/b10-6-. The van der Waals surface area contributed by atoms with Crippen molar-refractivity contribution in [3.8, 4) is 0 Å². The maximum absolute atomic E-state index is 11.4. The Bertz CT molecular complexity index is 751. The molecule has 108 valence electrons. The van der Waals surface area contributed by atoms with Crippen molar-refractivity contribution in [3.05, 3.63) is 60.8 Å². The minimum atomic E-state index is -1.11. The number of rotatable bonds is 4. The summed E-state index contributed by atoms with van der Waals surface area (Å²) in [7, 11) is 0. The number of benzene rings is 1. The van der Waals surface area contributed by atoms with E-state index in [0.29, 0.717) is 20.3 Å². The van der Waals surface area contributed by atoms with Gasteiger partial charge in [-0.25, -0.2) is 4.79 Å². The number of hydrogen-bond acceptors (Lipinski definition) is 4. The Kier molecular flexibility index (Phi) is 4.40. The SMILES string of the molecule is Cc1ccc(/C=C(\C(=O)O)c2ccc(Cl)s2)cc1[N+](=O)[O-]. The molecule has 1 N–H and O–H groups in total. The molecule has 21 heavy (non-hydrogen) atoms. The fraction of sp³-hybridized carbons (Fsp3) is 0.0714. The van der Waals surface area contributed by atoms with Gasteiger partial charge >= 0.3 is 5.97 Å². The molecule has 2 rings (SSSR count). The predicted octanol–water partition coefficient (Wildman–Crippen LogP) is 4.24. The normalized spacial score (nSPS) is 11.4. The number of halogens is 1. The Morgan fingerprint density at radius 3 is 2.62 bits per heavy atom. The van der Waals surface area contributed by atoms with E-state index < -0.39 is 10.9 Å². The molecule has 0 fully saturated rings. The van der Waals surface area contributed by atoms with Crippen LogP contribution in [0.15, 0.2) is 30.3 Å². The molecule has 7 heteroatoms. The van der Waals surface area contributed by atoms with Gasteiger partial charge in [0.1, 0.15) is 0 Å². The summed E-state index contributed by atoms with van der Waals surface area (Å²) in [5.41, 5.74) is 0.977. The first-order valence-corrected chi connectivity index (χ1v) is 7.03. The fourth-order valence-corrected chi connectivity index (χ4v) is 2.83. The highest BCUT2D eigenvalue weighted by molar-refractivity contribution is 7.17. The summed E-state index contributed by atoms with van der Waals surface area (Å²) in [6, 6.07) is 7.80. The monoisotopic (exact) mass is 323 g/mol. The number of thiophene rings is 1. The molecule has 5 nitrogen and oxygen atoms in total. The molecular formula is C14H10ClNO4S. The maximum Gasteiger partial charge on any atom is 0.337 e. The van der Waals surface area contributed by atoms with Gasteiger partial charge in [-0.2, -0.15) is 0 Å². The molecule has 1 aromatic carbocycles. The highest BCUT2D eigenvalue weighted by Gasteiger charge is 2.15. The third-order valence-corrected chi connectivity index (χ3v) is 4.07. The molecule has 0 aliphatic rings. The number of hydrogen-bond donors (Lipinski definition) is 1. The summed E-state index contributed by atoms with van der Waals surface area (Å²) in [4.78, 5) is 22.3. The minimum Gasteiger partial charge on any atom is -0.478 e. The van der Waals surface area contributed by atoms with Crippen LogP contribution in [0.4, 0.5) is 5.69 Å². The maximum atomic E-state index is 11.4. The Balaban J connectivity index is 2.51. The molecule has 0 saturated carbocycles. The number of aryl methyl sites for hydroxylation is 1. The van der Waals surface area contributed by atoms with Crippen LogP contribution in [0.25, 0.3) is 11.6 Å². The zero-order valence-electron chi connectivity index (χ0n) is 10.9. The number of carbonyl (C=O) groups is 1. The molecule has 1 aromatic heterocycles. The van der Waals surface area contributed by atoms with Crippen LogP contribution in [0.3, 0.4) is 0 Å². The van der Waals surface area contributed by atoms with Crippen LogP contribution in [-0.4, -0.2) is 16.0 Å². The molecule has 2 aromatic rings. The number of carboxylic acid groups (broad SMARTS) is 1. The van der Waals surface area contributed by atoms with Gasteiger partial charge in [-0.3, -0.25) is 10.1 Å². The second-order valence-electron chi connectivity index (χ2n) is 4.27. The largest absolute Gasteiger partial charge is 0.478 e. The third kappa shape index (κ3) is 3.48. The fourth-order valence-electron chi connectivity index (χ4n) is 1.78. The zero-order valence-corrected chi connectivity index (χ0v) is 12.4. The average molecular weight is 324 g/mol. The summed E-state index contributed by atoms with van der Waals surface area (Å²) < 4.78 is 0.479. The van der Waals surface area contributed by atoms with E-state index in [1.54, 1.807) is 31.2 Å². The van der Waals surface area contributed by atoms with Crippen LogP contribution in [0, 0.1) is 17.0 Å². The summed E-state index contributed by atoms with van der Waals surface area (Å²) in [6.07, 6.45) is 1.40. The molecule has 0 aliphatic heterocycles. The van der Waals surface area contributed by atoms with E-state index in [9.17, 15) is 20.0 Å². The molecule has 0 bridgehead atoms. The number of nitrogens with zero attached hydrogens (tertiary/aromatic N) is 1. The van der Waals surface area contributed by atoms with E-state index in [1.807, 2.05) is 0 Å². The van der Waals surface area contributed by atoms with Gasteiger partial charge in [0.2, 0.25) is 0 Å². The van der Waals surface area contributed by atoms with E-state index in [0.717, 1.165) is 11.3 Å². The highest BCUT2D eigenvalue weighted by Crippen LogP contribution is 2.30. The van der Waals surface area contributed by atoms with Gasteiger partial charge in [0.25, 0.3) is 5.69 Å². The first-order chi connectivity index (χ1) is 9.88. The summed E-state index contributed by atoms with van der Waals surface area (Å²) in [6.45, 7) is 1.63. The van der Waals surface area contributed by atoms with Crippen LogP contribution >= 0.6 is 22.9 Å². The lowest BCUT2D eigenvalue weighted by atomic mass is 10.1. The number of nitro groups is 1. The average Bonchev–Trinajstić information content (AvgIpc) is 2.83. The first kappa shape index (κ1) is 15.2. The third-order valence-electron chi connectivity index (χ3n) is 2.81. The molecule has 0 saturated heterocycles. The van der Waals surface area contributed by atoms with Gasteiger partial charge in [0.05, 0.1) is 14.8 Å². The molecule has 0 spiro atoms. The van der Waals surface area contributed by atoms with Crippen molar-refractivity contribution in [3.63, 3.8) is 0 Å². The topological polar surface area (TPSA) is 80.4 Å². The molecular weight excluding hydrogens is 314 g/mol. The molecule has 0 radical (unpaired) electrons. The minimum absolute atomic E-state index is 0.0438. The molecule has 0 aliphatic carbocycles. The van der Waals surface area contributed by atoms with E-state index in [1.165, 1.54) is 12.1 Å². The van der Waals surface area contributed by atoms with Gasteiger partial charge in [-0.05, 0) is 30.7 Å². The van der Waals surface area contributed by atoms with E-state index in [-0.39, 0.29) is 11.3 Å². The van der Waals surface area contributed by atoms with Crippen LogP contribution < -0.4 is 0 Å². The molecule has 0 unspecified atom stereocenters. The quantitative estimate of drug-likeness (QED) is 0.518. The predicted molar refractivity (Wildman–Crippen MR) is 82.7 cm³/mol. The first-order valence-electron chi connectivity index (χ1n) is 5.84. The van der Waals surface area contributed by atoms with Gasteiger partial charge < -0.3 is 5.11 Å². The molecule has 0 amide bonds. The van der Waals surface area contributed by atoms with Gasteiger partial charge in [0, 0.05) is 16.5 Å². The number of aliphatic carboxylic acids is 1. The summed E-state index contributed by atoms with van der Waals surface area (Å²) in [5, 5.41) is 20.2. The summed E-state index contributed by atoms with van der Waals surface area (Å²) >= 11 is 6.95. The Morgan fingerprint density at radius 1 is 1.38 bits per heavy atom. The van der Waals surface area contributed by atoms with Crippen molar-refractivity contribution >= 4 is 46.2 Å². The smallest absolute Gasteiger partial charge is 0.337 e. The van der Waals surface area contributed by atoms with Gasteiger partial charge in [0.15, 0.2) is 0 Å². The number of carboxylic acids is 1. The lowest BCUT2D eigenvalue weighted by molar-refractivity contribution is -0.385. The van der Waals surface area contributed by atoms with Crippen molar-refractivity contribution in [1.29, 1.82) is 0 Å². The van der Waals surface area contributed by atoms with Crippen molar-refractivity contribution in [1.82, 2.24) is 0 Å². The lowest BCUT2D eigenvalue weighted by Gasteiger charge is -2.02. The molecule has 0 atom stereocenters. The lowest BCUT2D eigenvalue weighted by Crippen LogP contribution is -1.98. The second-order valence-corrected chi connectivity index (χ2v) is 5.99. The van der Waals surface area contributed by atoms with E-state index in [2.05, 4.69) is 0 Å². The van der Waals surface area contributed by atoms with Crippen molar-refractivity contribution in [2.45, 2.75) is 6.92 Å². The second kappa shape index (κ2) is 6.07. The summed E-state index contributed by atoms with van der Waals surface area (Å²) in [5.74, 6) is -1.11. The van der Waals surface area contributed by atoms with Crippen molar-refractivity contribution in [2.24, 2.45) is 0 Å². The van der Waals surface area contributed by atoms with E-state index in [4.69, 9.17) is 11.6 Å².